The number of hydrogen-bond acceptors (Lipinski definition) is 3. The number of sulfonamides is 1. The molecule has 0 heterocycles. The summed E-state index contributed by atoms with van der Waals surface area (Å²) in [7, 11) is -3.34. The largest absolute Gasteiger partial charge is 0.313 e. The summed E-state index contributed by atoms with van der Waals surface area (Å²) >= 11 is 2.15. The van der Waals surface area contributed by atoms with Gasteiger partial charge < -0.3 is 5.32 Å². The van der Waals surface area contributed by atoms with Crippen molar-refractivity contribution < 1.29 is 8.42 Å². The van der Waals surface area contributed by atoms with Crippen molar-refractivity contribution >= 4 is 38.3 Å². The monoisotopic (exact) mass is 382 g/mol. The fraction of sp³-hybridized carbons (Fsp3) is 0.500. The summed E-state index contributed by atoms with van der Waals surface area (Å²) in [6, 6.07) is 7.59. The van der Waals surface area contributed by atoms with E-state index in [0.29, 0.717) is 12.2 Å². The highest BCUT2D eigenvalue weighted by Crippen LogP contribution is 2.15. The zero-order valence-electron chi connectivity index (χ0n) is 10.8. The van der Waals surface area contributed by atoms with Gasteiger partial charge in [0.1, 0.15) is 0 Å². The average Bonchev–Trinajstić information content (AvgIpc) is 2.25. The molecule has 0 radical (unpaired) electrons. The Morgan fingerprint density at radius 2 is 1.94 bits per heavy atom. The first-order valence-corrected chi connectivity index (χ1v) is 8.44. The van der Waals surface area contributed by atoms with Crippen LogP contribution in [0.1, 0.15) is 20.8 Å². The molecule has 0 aromatic heterocycles. The first kappa shape index (κ1) is 15.7. The van der Waals surface area contributed by atoms with Gasteiger partial charge in [0.2, 0.25) is 10.0 Å². The first-order valence-electron chi connectivity index (χ1n) is 5.82. The van der Waals surface area contributed by atoms with Crippen molar-refractivity contribution in [1.82, 2.24) is 5.32 Å². The highest BCUT2D eigenvalue weighted by atomic mass is 127. The van der Waals surface area contributed by atoms with E-state index in [1.165, 1.54) is 0 Å². The molecule has 0 amide bonds. The number of anilines is 1. The lowest BCUT2D eigenvalue weighted by molar-refractivity contribution is 0.553. The molecule has 102 valence electrons. The van der Waals surface area contributed by atoms with Crippen molar-refractivity contribution in [2.24, 2.45) is 0 Å². The summed E-state index contributed by atoms with van der Waals surface area (Å²) in [6.07, 6.45) is 0. The lowest BCUT2D eigenvalue weighted by atomic mass is 10.3. The van der Waals surface area contributed by atoms with Crippen molar-refractivity contribution in [1.29, 1.82) is 0 Å². The molecule has 0 aliphatic rings. The molecule has 4 nitrogen and oxygen atoms in total. The van der Waals surface area contributed by atoms with E-state index in [9.17, 15) is 8.42 Å². The van der Waals surface area contributed by atoms with Crippen LogP contribution < -0.4 is 10.0 Å². The summed E-state index contributed by atoms with van der Waals surface area (Å²) in [5.41, 5.74) is 0.610. The Bertz CT molecular complexity index is 489. The molecule has 0 aliphatic heterocycles. The van der Waals surface area contributed by atoms with Crippen LogP contribution in [0.5, 0.6) is 0 Å². The third-order valence-electron chi connectivity index (χ3n) is 2.43. The molecule has 2 N–H and O–H groups in total. The second-order valence-corrected chi connectivity index (χ2v) is 7.88. The van der Waals surface area contributed by atoms with Crippen LogP contribution in [0.3, 0.4) is 0 Å². The third-order valence-corrected chi connectivity index (χ3v) is 4.85. The lowest BCUT2D eigenvalue weighted by Gasteiger charge is -2.17. The zero-order valence-corrected chi connectivity index (χ0v) is 13.7. The topological polar surface area (TPSA) is 58.2 Å². The minimum atomic E-state index is -3.34. The first-order chi connectivity index (χ1) is 8.31. The molecule has 18 heavy (non-hydrogen) atoms. The van der Waals surface area contributed by atoms with Gasteiger partial charge in [0.15, 0.2) is 0 Å². The molecule has 0 saturated heterocycles. The van der Waals surface area contributed by atoms with Gasteiger partial charge in [0, 0.05) is 21.8 Å². The van der Waals surface area contributed by atoms with Crippen LogP contribution in [-0.4, -0.2) is 26.3 Å². The van der Waals surface area contributed by atoms with Crippen LogP contribution in [0.15, 0.2) is 24.3 Å². The van der Waals surface area contributed by atoms with Gasteiger partial charge in [-0.25, -0.2) is 8.42 Å². The second-order valence-electron chi connectivity index (χ2n) is 4.53. The summed E-state index contributed by atoms with van der Waals surface area (Å²) in [6.45, 7) is 6.13. The van der Waals surface area contributed by atoms with Crippen molar-refractivity contribution in [3.05, 3.63) is 27.8 Å². The van der Waals surface area contributed by atoms with E-state index >= 15 is 0 Å². The second kappa shape index (κ2) is 6.72. The summed E-state index contributed by atoms with van der Waals surface area (Å²) < 4.78 is 27.8. The van der Waals surface area contributed by atoms with Gasteiger partial charge in [0.05, 0.1) is 5.25 Å². The van der Waals surface area contributed by atoms with E-state index in [0.717, 1.165) is 3.57 Å². The minimum absolute atomic E-state index is 0.278. The van der Waals surface area contributed by atoms with Crippen LogP contribution >= 0.6 is 22.6 Å². The van der Waals surface area contributed by atoms with Crippen molar-refractivity contribution in [2.75, 3.05) is 11.3 Å². The molecule has 1 aromatic carbocycles. The molecule has 0 spiro atoms. The molecule has 1 aromatic rings. The average molecular weight is 382 g/mol. The molecule has 0 fully saturated rings. The van der Waals surface area contributed by atoms with Gasteiger partial charge in [-0.15, -0.1) is 0 Å². The SMILES string of the molecule is CC(C)NCC(C)S(=O)(=O)Nc1cccc(I)c1. The summed E-state index contributed by atoms with van der Waals surface area (Å²) in [5.74, 6) is 0. The number of benzene rings is 1. The van der Waals surface area contributed by atoms with Crippen molar-refractivity contribution in [3.8, 4) is 0 Å². The van der Waals surface area contributed by atoms with Crippen molar-refractivity contribution in [2.45, 2.75) is 32.1 Å². The lowest BCUT2D eigenvalue weighted by Crippen LogP contribution is -2.37. The predicted octanol–water partition coefficient (Wildman–Crippen LogP) is 2.42. The summed E-state index contributed by atoms with van der Waals surface area (Å²) in [5, 5.41) is 2.65. The Morgan fingerprint density at radius 3 is 2.50 bits per heavy atom. The normalized spacial score (nSPS) is 13.6. The highest BCUT2D eigenvalue weighted by molar-refractivity contribution is 14.1. The highest BCUT2D eigenvalue weighted by Gasteiger charge is 2.20. The molecule has 1 atom stereocenters. The van der Waals surface area contributed by atoms with E-state index in [-0.39, 0.29) is 6.04 Å². The van der Waals surface area contributed by atoms with E-state index in [1.54, 1.807) is 19.1 Å². The smallest absolute Gasteiger partial charge is 0.236 e. The van der Waals surface area contributed by atoms with E-state index in [2.05, 4.69) is 32.6 Å². The Morgan fingerprint density at radius 1 is 1.28 bits per heavy atom. The summed E-state index contributed by atoms with van der Waals surface area (Å²) in [4.78, 5) is 0. The number of hydrogen-bond donors (Lipinski definition) is 2. The standard InChI is InChI=1S/C12H19IN2O2S/c1-9(2)14-8-10(3)18(16,17)15-12-6-4-5-11(13)7-12/h4-7,9-10,14-15H,8H2,1-3H3. The fourth-order valence-corrected chi connectivity index (χ4v) is 2.84. The van der Waals surface area contributed by atoms with Gasteiger partial charge in [-0.3, -0.25) is 4.72 Å². The van der Waals surface area contributed by atoms with Crippen LogP contribution in [0.25, 0.3) is 0 Å². The van der Waals surface area contributed by atoms with Gasteiger partial charge in [-0.1, -0.05) is 19.9 Å². The van der Waals surface area contributed by atoms with E-state index in [1.807, 2.05) is 26.0 Å². The maximum atomic E-state index is 12.1. The quantitative estimate of drug-likeness (QED) is 0.743. The molecule has 1 unspecified atom stereocenters. The van der Waals surface area contributed by atoms with Crippen LogP contribution in [0.4, 0.5) is 5.69 Å². The molecular weight excluding hydrogens is 363 g/mol. The maximum absolute atomic E-state index is 12.1. The number of nitrogens with one attached hydrogen (secondary N) is 2. The van der Waals surface area contributed by atoms with E-state index < -0.39 is 15.3 Å². The van der Waals surface area contributed by atoms with E-state index in [4.69, 9.17) is 0 Å². The van der Waals surface area contributed by atoms with Gasteiger partial charge in [0.25, 0.3) is 0 Å². The number of halogens is 1. The Balaban J connectivity index is 2.69. The predicted molar refractivity (Wildman–Crippen MR) is 84.3 cm³/mol. The molecule has 1 rings (SSSR count). The third kappa shape index (κ3) is 5.11. The molecule has 0 bridgehead atoms. The van der Waals surface area contributed by atoms with Gasteiger partial charge in [-0.2, -0.15) is 0 Å². The Kier molecular flexibility index (Phi) is 5.87. The van der Waals surface area contributed by atoms with Crippen LogP contribution in [0.2, 0.25) is 0 Å². The minimum Gasteiger partial charge on any atom is -0.313 e. The number of rotatable bonds is 6. The Hall–Kier alpha value is -0.340. The fourth-order valence-electron chi connectivity index (χ4n) is 1.33. The van der Waals surface area contributed by atoms with Gasteiger partial charge in [-0.05, 0) is 47.7 Å². The Labute approximate surface area is 123 Å². The molecule has 0 aliphatic carbocycles. The van der Waals surface area contributed by atoms with Crippen LogP contribution in [-0.2, 0) is 10.0 Å². The zero-order chi connectivity index (χ0) is 13.8. The molecule has 0 saturated carbocycles. The molecular formula is C12H19IN2O2S. The van der Waals surface area contributed by atoms with Gasteiger partial charge >= 0.3 is 0 Å². The molecule has 6 heteroatoms. The van der Waals surface area contributed by atoms with Crippen molar-refractivity contribution in [3.63, 3.8) is 0 Å². The van der Waals surface area contributed by atoms with Crippen LogP contribution in [0, 0.1) is 3.57 Å². The maximum Gasteiger partial charge on any atom is 0.236 e.